The van der Waals surface area contributed by atoms with Crippen molar-refractivity contribution in [1.29, 1.82) is 0 Å². The van der Waals surface area contributed by atoms with Crippen molar-refractivity contribution in [2.45, 2.75) is 38.2 Å². The number of carbonyl (C=O) groups is 4. The molecule has 11 nitrogen and oxygen atoms in total. The molecule has 1 saturated heterocycles. The number of halogens is 1. The van der Waals surface area contributed by atoms with Crippen molar-refractivity contribution in [3.63, 3.8) is 0 Å². The number of aryl methyl sites for hydroxylation is 1. The molecule has 1 unspecified atom stereocenters. The number of benzene rings is 2. The number of anilines is 3. The summed E-state index contributed by atoms with van der Waals surface area (Å²) in [6, 6.07) is 13.6. The van der Waals surface area contributed by atoms with Gasteiger partial charge in [0, 0.05) is 16.3 Å². The van der Waals surface area contributed by atoms with Crippen LogP contribution < -0.4 is 15.1 Å². The van der Waals surface area contributed by atoms with E-state index >= 15 is 0 Å². The van der Waals surface area contributed by atoms with Crippen molar-refractivity contribution in [3.8, 4) is 0 Å². The number of amides is 3. The van der Waals surface area contributed by atoms with Crippen LogP contribution in [0, 0.1) is 6.92 Å². The van der Waals surface area contributed by atoms with Crippen LogP contribution in [0.4, 0.5) is 22.1 Å². The zero-order valence-electron chi connectivity index (χ0n) is 21.1. The van der Waals surface area contributed by atoms with Gasteiger partial charge in [-0.3, -0.25) is 24.6 Å². The molecule has 0 bridgehead atoms. The van der Waals surface area contributed by atoms with Gasteiger partial charge in [0.1, 0.15) is 30.6 Å². The second kappa shape index (κ2) is 10.1. The molecule has 1 aromatic heterocycles. The summed E-state index contributed by atoms with van der Waals surface area (Å²) in [6.45, 7) is 2.61. The van der Waals surface area contributed by atoms with Crippen molar-refractivity contribution in [1.82, 2.24) is 5.16 Å². The monoisotopic (exact) mass is 552 g/mol. The maximum Gasteiger partial charge on any atom is 0.412 e. The molecule has 0 radical (unpaired) electrons. The maximum absolute atomic E-state index is 13.1. The first-order valence-electron chi connectivity index (χ1n) is 12.2. The molecule has 12 heteroatoms. The molecule has 1 saturated carbocycles. The summed E-state index contributed by atoms with van der Waals surface area (Å²) in [5, 5.41) is 16.4. The molecule has 1 aliphatic carbocycles. The number of hydrogen-bond acceptors (Lipinski definition) is 7. The standard InChI is InChI=1S/C27H25ClN4O7/c1-15-23(29-26(37)38-16(2)19-5-3-4-6-20(19)28)24(39-30-15)32-14-21(33)31(13-22(32)34)18-9-7-17(8-10-18)27(11-12-27)25(35)36/h3-10,16H,11-14H2,1-2H3,(H,29,37)(H,35,36). The second-order valence-corrected chi connectivity index (χ2v) is 9.94. The van der Waals surface area contributed by atoms with Gasteiger partial charge in [-0.25, -0.2) is 4.79 Å². The van der Waals surface area contributed by atoms with E-state index in [-0.39, 0.29) is 30.4 Å². The van der Waals surface area contributed by atoms with Crippen molar-refractivity contribution in [2.24, 2.45) is 0 Å². The molecule has 2 heterocycles. The van der Waals surface area contributed by atoms with Gasteiger partial charge >= 0.3 is 12.1 Å². The van der Waals surface area contributed by atoms with Crippen LogP contribution in [0.3, 0.4) is 0 Å². The molecular weight excluding hydrogens is 528 g/mol. The second-order valence-electron chi connectivity index (χ2n) is 9.54. The molecule has 2 aromatic carbocycles. The summed E-state index contributed by atoms with van der Waals surface area (Å²) >= 11 is 6.19. The summed E-state index contributed by atoms with van der Waals surface area (Å²) < 4.78 is 10.8. The number of hydrogen-bond donors (Lipinski definition) is 2. The highest BCUT2D eigenvalue weighted by molar-refractivity contribution is 6.31. The van der Waals surface area contributed by atoms with E-state index in [0.29, 0.717) is 34.7 Å². The third-order valence-electron chi connectivity index (χ3n) is 7.02. The first kappa shape index (κ1) is 26.2. The van der Waals surface area contributed by atoms with Crippen molar-refractivity contribution < 1.29 is 33.5 Å². The van der Waals surface area contributed by atoms with Crippen molar-refractivity contribution in [2.75, 3.05) is 28.2 Å². The number of nitrogens with one attached hydrogen (secondary N) is 1. The molecule has 3 amide bonds. The van der Waals surface area contributed by atoms with E-state index in [1.165, 1.54) is 4.90 Å². The predicted octanol–water partition coefficient (Wildman–Crippen LogP) is 4.44. The normalized spacial score (nSPS) is 17.1. The Kier molecular flexibility index (Phi) is 6.77. The van der Waals surface area contributed by atoms with Gasteiger partial charge in [-0.05, 0) is 50.5 Å². The predicted molar refractivity (Wildman–Crippen MR) is 141 cm³/mol. The Labute approximate surface area is 228 Å². The van der Waals surface area contributed by atoms with Gasteiger partial charge in [0.05, 0.1) is 5.41 Å². The highest BCUT2D eigenvalue weighted by Gasteiger charge is 2.51. The minimum Gasteiger partial charge on any atom is -0.481 e. The number of carboxylic acids is 1. The summed E-state index contributed by atoms with van der Waals surface area (Å²) in [5.74, 6) is -1.80. The van der Waals surface area contributed by atoms with E-state index in [9.17, 15) is 24.3 Å². The molecular formula is C27H25ClN4O7. The molecule has 3 aromatic rings. The van der Waals surface area contributed by atoms with Gasteiger partial charge in [0.2, 0.25) is 11.8 Å². The smallest absolute Gasteiger partial charge is 0.412 e. The van der Waals surface area contributed by atoms with E-state index in [0.717, 1.165) is 4.90 Å². The Hall–Kier alpha value is -4.38. The van der Waals surface area contributed by atoms with Crippen LogP contribution in [-0.2, 0) is 24.5 Å². The fourth-order valence-corrected chi connectivity index (χ4v) is 4.88. The lowest BCUT2D eigenvalue weighted by molar-refractivity contribution is -0.140. The molecule has 202 valence electrons. The van der Waals surface area contributed by atoms with E-state index in [1.807, 2.05) is 0 Å². The molecule has 2 fully saturated rings. The summed E-state index contributed by atoms with van der Waals surface area (Å²) in [6.07, 6.45) is -0.345. The zero-order valence-corrected chi connectivity index (χ0v) is 21.9. The molecule has 1 aliphatic heterocycles. The van der Waals surface area contributed by atoms with E-state index in [4.69, 9.17) is 20.9 Å². The summed E-state index contributed by atoms with van der Waals surface area (Å²) in [5.41, 5.74) is 1.29. The van der Waals surface area contributed by atoms with Crippen LogP contribution >= 0.6 is 11.6 Å². The van der Waals surface area contributed by atoms with Crippen LogP contribution in [0.25, 0.3) is 0 Å². The highest BCUT2D eigenvalue weighted by Crippen LogP contribution is 2.48. The van der Waals surface area contributed by atoms with E-state index < -0.39 is 35.4 Å². The Morgan fingerprint density at radius 1 is 1.08 bits per heavy atom. The third kappa shape index (κ3) is 4.92. The lowest BCUT2D eigenvalue weighted by Crippen LogP contribution is -2.54. The van der Waals surface area contributed by atoms with Gasteiger partial charge in [-0.2, -0.15) is 0 Å². The first-order valence-corrected chi connectivity index (χ1v) is 12.6. The number of piperazine rings is 1. The van der Waals surface area contributed by atoms with Crippen LogP contribution in [-0.4, -0.2) is 47.2 Å². The Bertz CT molecular complexity index is 1470. The van der Waals surface area contributed by atoms with E-state index in [2.05, 4.69) is 10.5 Å². The first-order chi connectivity index (χ1) is 18.6. The number of ether oxygens (including phenoxy) is 1. The number of aliphatic carboxylic acids is 1. The van der Waals surface area contributed by atoms with Gasteiger partial charge in [0.15, 0.2) is 0 Å². The van der Waals surface area contributed by atoms with Gasteiger partial charge < -0.3 is 19.3 Å². The van der Waals surface area contributed by atoms with Crippen molar-refractivity contribution in [3.05, 3.63) is 70.4 Å². The average Bonchev–Trinajstić information content (AvgIpc) is 3.65. The van der Waals surface area contributed by atoms with Crippen LogP contribution in [0.15, 0.2) is 53.1 Å². The lowest BCUT2D eigenvalue weighted by atomic mass is 9.96. The number of carbonyl (C=O) groups excluding carboxylic acids is 3. The summed E-state index contributed by atoms with van der Waals surface area (Å²) in [4.78, 5) is 52.8. The minimum atomic E-state index is -0.871. The highest BCUT2D eigenvalue weighted by atomic mass is 35.5. The van der Waals surface area contributed by atoms with Gasteiger partial charge in [-0.1, -0.05) is 47.1 Å². The number of carboxylic acid groups (broad SMARTS) is 1. The fourth-order valence-electron chi connectivity index (χ4n) is 4.60. The van der Waals surface area contributed by atoms with Crippen LogP contribution in [0.2, 0.25) is 5.02 Å². The topological polar surface area (TPSA) is 142 Å². The number of nitrogens with zero attached hydrogens (tertiary/aromatic N) is 3. The lowest BCUT2D eigenvalue weighted by Gasteiger charge is -2.32. The van der Waals surface area contributed by atoms with Crippen molar-refractivity contribution >= 4 is 52.7 Å². The average molecular weight is 553 g/mol. The van der Waals surface area contributed by atoms with Gasteiger partial charge in [-0.15, -0.1) is 0 Å². The zero-order chi connectivity index (χ0) is 27.9. The molecule has 2 N–H and O–H groups in total. The summed E-state index contributed by atoms with van der Waals surface area (Å²) in [7, 11) is 0. The molecule has 1 atom stereocenters. The van der Waals surface area contributed by atoms with Gasteiger partial charge in [0.25, 0.3) is 5.88 Å². The Balaban J connectivity index is 1.28. The Morgan fingerprint density at radius 3 is 2.36 bits per heavy atom. The number of aromatic nitrogens is 1. The molecule has 0 spiro atoms. The molecule has 2 aliphatic rings. The SMILES string of the molecule is Cc1noc(N2CC(=O)N(c3ccc(C4(C(=O)O)CC4)cc3)CC2=O)c1NC(=O)OC(C)c1ccccc1Cl. The number of rotatable bonds is 7. The Morgan fingerprint density at radius 2 is 1.72 bits per heavy atom. The van der Waals surface area contributed by atoms with Crippen LogP contribution in [0.5, 0.6) is 0 Å². The largest absolute Gasteiger partial charge is 0.481 e. The van der Waals surface area contributed by atoms with Crippen LogP contribution in [0.1, 0.15) is 42.7 Å². The fraction of sp³-hybridized carbons (Fsp3) is 0.296. The third-order valence-corrected chi connectivity index (χ3v) is 7.37. The minimum absolute atomic E-state index is 0.0830. The quantitative estimate of drug-likeness (QED) is 0.438. The maximum atomic E-state index is 13.1. The molecule has 39 heavy (non-hydrogen) atoms. The van der Waals surface area contributed by atoms with E-state index in [1.54, 1.807) is 62.4 Å². The molecule has 5 rings (SSSR count).